The summed E-state index contributed by atoms with van der Waals surface area (Å²) < 4.78 is 70.3. The van der Waals surface area contributed by atoms with Crippen molar-refractivity contribution in [2.45, 2.75) is 212 Å². The van der Waals surface area contributed by atoms with E-state index in [4.69, 9.17) is 49.7 Å². The van der Waals surface area contributed by atoms with Gasteiger partial charge in [-0.05, 0) is 157 Å². The first-order valence-electron chi connectivity index (χ1n) is 20.9. The van der Waals surface area contributed by atoms with Crippen LogP contribution in [-0.2, 0) is 49.7 Å². The van der Waals surface area contributed by atoms with Gasteiger partial charge in [-0.25, -0.2) is 0 Å². The van der Waals surface area contributed by atoms with Crippen molar-refractivity contribution < 1.29 is 49.7 Å². The van der Waals surface area contributed by atoms with Crippen molar-refractivity contribution in [3.8, 4) is 0 Å². The Morgan fingerprint density at radius 2 is 0.912 bits per heavy atom. The lowest BCUT2D eigenvalue weighted by Crippen LogP contribution is -2.67. The first-order valence-corrected chi connectivity index (χ1v) is 48.2. The highest BCUT2D eigenvalue weighted by Gasteiger charge is 2.53. The maximum Gasteiger partial charge on any atom is 0.185 e. The van der Waals surface area contributed by atoms with Gasteiger partial charge in [0.1, 0.15) is 43.7 Å². The molecule has 9 atom stereocenters. The lowest BCUT2D eigenvalue weighted by Gasteiger charge is -2.51. The van der Waals surface area contributed by atoms with Crippen LogP contribution in [0.2, 0.25) is 157 Å². The molecule has 1 aliphatic heterocycles. The molecule has 0 aliphatic carbocycles. The summed E-state index contributed by atoms with van der Waals surface area (Å²) in [6.45, 7) is 53.1. The van der Waals surface area contributed by atoms with Gasteiger partial charge >= 0.3 is 0 Å². The third kappa shape index (κ3) is 24.9. The van der Waals surface area contributed by atoms with E-state index in [1.165, 1.54) is 0 Å². The normalized spacial score (nSPS) is 24.8. The molecule has 1 rings (SSSR count). The van der Waals surface area contributed by atoms with Crippen molar-refractivity contribution in [2.75, 3.05) is 20.3 Å². The summed E-state index contributed by atoms with van der Waals surface area (Å²) in [4.78, 5) is 5.23. The van der Waals surface area contributed by atoms with Gasteiger partial charge in [0.05, 0.1) is 31.6 Å². The summed E-state index contributed by atoms with van der Waals surface area (Å²) in [6, 6.07) is 0. The highest BCUT2D eigenvalue weighted by molar-refractivity contribution is 6.72. The van der Waals surface area contributed by atoms with Crippen LogP contribution in [0, 0.1) is 0 Å². The number of nitrogens with zero attached hydrogens (tertiary/aromatic N) is 1. The Kier molecular flexibility index (Phi) is 21.0. The summed E-state index contributed by atoms with van der Waals surface area (Å²) in [5.41, 5.74) is 0. The quantitative estimate of drug-likeness (QED) is 0.0495. The highest BCUT2D eigenvalue weighted by atomic mass is 28.4. The molecule has 1 aliphatic rings. The van der Waals surface area contributed by atoms with Crippen molar-refractivity contribution in [3.63, 3.8) is 0 Å². The summed E-state index contributed by atoms with van der Waals surface area (Å²) in [5, 5.41) is 4.23. The van der Waals surface area contributed by atoms with E-state index < -0.39 is 122 Å². The molecule has 0 radical (unpaired) electrons. The second kappa shape index (κ2) is 21.5. The molecule has 0 aromatic carbocycles. The van der Waals surface area contributed by atoms with Crippen molar-refractivity contribution in [2.24, 2.45) is 5.16 Å². The Hall–Kier alpha value is 0.805. The molecule has 1 fully saturated rings. The van der Waals surface area contributed by atoms with Crippen LogP contribution in [0.15, 0.2) is 5.16 Å². The van der Waals surface area contributed by atoms with E-state index in [1.54, 1.807) is 13.3 Å². The fraction of sp³-hybridized carbons (Fsp3) is 0.973. The van der Waals surface area contributed by atoms with Crippen LogP contribution in [0.5, 0.6) is 0 Å². The van der Waals surface area contributed by atoms with Gasteiger partial charge in [0.15, 0.2) is 72.8 Å². The lowest BCUT2D eigenvalue weighted by atomic mass is 9.99. The second-order valence-corrected chi connectivity index (χ2v) is 58.9. The first kappa shape index (κ1) is 55.8. The van der Waals surface area contributed by atoms with Crippen molar-refractivity contribution in [1.82, 2.24) is 0 Å². The van der Waals surface area contributed by atoms with Gasteiger partial charge in [0.2, 0.25) is 0 Å². The van der Waals surface area contributed by atoms with Crippen molar-refractivity contribution >= 4 is 72.8 Å². The van der Waals surface area contributed by atoms with Crippen LogP contribution in [0.1, 0.15) is 0 Å². The standard InChI is InChI=1S/C37H89NO11Si8/c1-39-38-26-29(43-51(5,6)7)32(45-53(11,12)13)34(47-55(17,18)19)31(44-52(8,9)10)27-40-37-36(49-57(23,24)25)35(48-56(20,21)22)33(46-54(14,15)16)30(42-37)28-41-50(2,3)4/h26,29-37H,27-28H2,1-25H3/t29-,30+,31+,32+,33-,34+,35-,36+,37-/m1/s1. The van der Waals surface area contributed by atoms with Crippen molar-refractivity contribution in [1.29, 1.82) is 0 Å². The van der Waals surface area contributed by atoms with Gasteiger partial charge in [-0.15, -0.1) is 0 Å². The number of rotatable bonds is 25. The minimum absolute atomic E-state index is 0.156. The van der Waals surface area contributed by atoms with Gasteiger partial charge in [0, 0.05) is 0 Å². The van der Waals surface area contributed by atoms with Gasteiger partial charge in [0.25, 0.3) is 0 Å². The summed E-state index contributed by atoms with van der Waals surface area (Å²) in [7, 11) is -15.7. The maximum atomic E-state index is 7.20. The second-order valence-electron chi connectivity index (χ2n) is 23.2. The third-order valence-electron chi connectivity index (χ3n) is 7.47. The first-order chi connectivity index (χ1) is 25.2. The zero-order valence-corrected chi connectivity index (χ0v) is 49.1. The fourth-order valence-corrected chi connectivity index (χ4v) is 14.4. The average Bonchev–Trinajstić information content (AvgIpc) is 2.92. The predicted octanol–water partition coefficient (Wildman–Crippen LogP) is 9.75. The lowest BCUT2D eigenvalue weighted by molar-refractivity contribution is -0.296. The van der Waals surface area contributed by atoms with E-state index in [0.717, 1.165) is 0 Å². The smallest absolute Gasteiger partial charge is 0.185 e. The number of hydrogen-bond donors (Lipinski definition) is 0. The monoisotopic (exact) mass is 947 g/mol. The van der Waals surface area contributed by atoms with Gasteiger partial charge < -0.3 is 49.7 Å². The molecule has 0 aromatic rings. The van der Waals surface area contributed by atoms with E-state index in [1.807, 2.05) is 0 Å². The highest BCUT2D eigenvalue weighted by Crippen LogP contribution is 2.36. The summed E-state index contributed by atoms with van der Waals surface area (Å²) >= 11 is 0. The molecule has 0 saturated carbocycles. The Morgan fingerprint density at radius 1 is 0.491 bits per heavy atom. The Bertz CT molecular complexity index is 1210. The van der Waals surface area contributed by atoms with Crippen LogP contribution in [-0.4, -0.2) is 148 Å². The molecule has 0 amide bonds. The molecule has 1 heterocycles. The minimum atomic E-state index is -2.25. The molecule has 1 saturated heterocycles. The SMILES string of the molecule is CON=C[C@@H](O[Si](C)(C)C)[C@H](O[Si](C)(C)C)[C@@H](O[Si](C)(C)C)[C@H](CO[C@@H]1O[C@@H](CO[Si](C)(C)C)[C@@H](O[Si](C)(C)C)[C@@H](O[Si](C)(C)C)[C@@H]1O[Si](C)(C)C)O[Si](C)(C)C. The number of oxime groups is 1. The van der Waals surface area contributed by atoms with Crippen LogP contribution >= 0.6 is 0 Å². The molecule has 0 N–H and O–H groups in total. The largest absolute Gasteiger partial charge is 0.415 e. The zero-order valence-electron chi connectivity index (χ0n) is 41.1. The molecule has 12 nitrogen and oxygen atoms in total. The van der Waals surface area contributed by atoms with E-state index in [-0.39, 0.29) is 6.61 Å². The van der Waals surface area contributed by atoms with E-state index >= 15 is 0 Å². The molecule has 57 heavy (non-hydrogen) atoms. The molecule has 0 bridgehead atoms. The average molecular weight is 949 g/mol. The van der Waals surface area contributed by atoms with E-state index in [2.05, 4.69) is 162 Å². The molecule has 0 aromatic heterocycles. The molecule has 0 unspecified atom stereocenters. The minimum Gasteiger partial charge on any atom is -0.415 e. The predicted molar refractivity (Wildman–Crippen MR) is 257 cm³/mol. The Morgan fingerprint density at radius 3 is 1.32 bits per heavy atom. The van der Waals surface area contributed by atoms with Crippen LogP contribution in [0.25, 0.3) is 0 Å². The fourth-order valence-electron chi connectivity index (χ4n) is 6.15. The topological polar surface area (TPSA) is 114 Å². The molecule has 340 valence electrons. The zero-order chi connectivity index (χ0) is 44.8. The Labute approximate surface area is 358 Å². The number of ether oxygens (including phenoxy) is 2. The summed E-state index contributed by atoms with van der Waals surface area (Å²) in [6.07, 6.45) is -3.12. The Balaban J connectivity index is 4.09. The molecule has 20 heteroatoms. The molecular formula is C37H89NO11Si8. The summed E-state index contributed by atoms with van der Waals surface area (Å²) in [5.74, 6) is 0. The molecular weight excluding hydrogens is 859 g/mol. The maximum absolute atomic E-state index is 7.20. The van der Waals surface area contributed by atoms with Crippen LogP contribution in [0.3, 0.4) is 0 Å². The van der Waals surface area contributed by atoms with Crippen molar-refractivity contribution in [3.05, 3.63) is 0 Å². The van der Waals surface area contributed by atoms with Gasteiger partial charge in [-0.1, -0.05) is 5.16 Å². The van der Waals surface area contributed by atoms with E-state index in [9.17, 15) is 0 Å². The van der Waals surface area contributed by atoms with E-state index in [0.29, 0.717) is 6.61 Å². The number of hydrogen-bond acceptors (Lipinski definition) is 12. The molecule has 0 spiro atoms. The third-order valence-corrected chi connectivity index (χ3v) is 15.4. The van der Waals surface area contributed by atoms with Gasteiger partial charge in [-0.2, -0.15) is 0 Å². The van der Waals surface area contributed by atoms with Gasteiger partial charge in [-0.3, -0.25) is 0 Å². The van der Waals surface area contributed by atoms with Crippen LogP contribution in [0.4, 0.5) is 0 Å². The van der Waals surface area contributed by atoms with Crippen LogP contribution < -0.4 is 0 Å².